The van der Waals surface area contributed by atoms with Gasteiger partial charge in [-0.25, -0.2) is 0 Å². The van der Waals surface area contributed by atoms with Gasteiger partial charge in [-0.3, -0.25) is 14.8 Å². The molecular weight excluding hydrogens is 328 g/mol. The third-order valence-electron chi connectivity index (χ3n) is 4.91. The molecule has 1 aromatic rings. The summed E-state index contributed by atoms with van der Waals surface area (Å²) >= 11 is 6.28. The molecule has 2 atom stereocenters. The van der Waals surface area contributed by atoms with E-state index in [9.17, 15) is 4.79 Å². The molecule has 2 aliphatic rings. The minimum atomic E-state index is -0.00500. The molecular formula is C17H27ClN4O2. The molecule has 24 heavy (non-hydrogen) atoms. The average molecular weight is 355 g/mol. The lowest BCUT2D eigenvalue weighted by Crippen LogP contribution is -2.42. The SMILES string of the molecule is CCCOCC(=O)N[C@@H]1CN(Cc2n[nH]c(C)c2Cl)C[C@H]1C1CC1. The highest BCUT2D eigenvalue weighted by molar-refractivity contribution is 6.31. The highest BCUT2D eigenvalue weighted by Gasteiger charge is 2.43. The normalized spacial score (nSPS) is 24.5. The van der Waals surface area contributed by atoms with Crippen molar-refractivity contribution >= 4 is 17.5 Å². The molecule has 0 unspecified atom stereocenters. The van der Waals surface area contributed by atoms with E-state index in [-0.39, 0.29) is 18.6 Å². The third-order valence-corrected chi connectivity index (χ3v) is 5.41. The fourth-order valence-electron chi connectivity index (χ4n) is 3.54. The number of aryl methyl sites for hydroxylation is 1. The van der Waals surface area contributed by atoms with Gasteiger partial charge in [0.1, 0.15) is 6.61 Å². The lowest BCUT2D eigenvalue weighted by molar-refractivity contribution is -0.126. The topological polar surface area (TPSA) is 70.2 Å². The van der Waals surface area contributed by atoms with Crippen molar-refractivity contribution in [1.82, 2.24) is 20.4 Å². The maximum atomic E-state index is 12.1. The molecule has 0 bridgehead atoms. The molecule has 134 valence electrons. The number of amides is 1. The third kappa shape index (κ3) is 4.29. The van der Waals surface area contributed by atoms with Crippen LogP contribution >= 0.6 is 11.6 Å². The Morgan fingerprint density at radius 3 is 2.88 bits per heavy atom. The Labute approximate surface area is 148 Å². The summed E-state index contributed by atoms with van der Waals surface area (Å²) in [6.07, 6.45) is 3.48. The number of ether oxygens (including phenoxy) is 1. The van der Waals surface area contributed by atoms with Crippen molar-refractivity contribution in [3.63, 3.8) is 0 Å². The van der Waals surface area contributed by atoms with Crippen LogP contribution in [-0.2, 0) is 16.1 Å². The van der Waals surface area contributed by atoms with Crippen LogP contribution in [0.1, 0.15) is 37.6 Å². The van der Waals surface area contributed by atoms with Crippen LogP contribution in [0.4, 0.5) is 0 Å². The van der Waals surface area contributed by atoms with Gasteiger partial charge in [-0.2, -0.15) is 5.10 Å². The Bertz CT molecular complexity index is 573. The van der Waals surface area contributed by atoms with Gasteiger partial charge in [-0.15, -0.1) is 0 Å². The molecule has 1 aliphatic heterocycles. The van der Waals surface area contributed by atoms with E-state index < -0.39 is 0 Å². The van der Waals surface area contributed by atoms with Gasteiger partial charge < -0.3 is 10.1 Å². The molecule has 1 saturated carbocycles. The molecule has 2 heterocycles. The molecule has 1 aliphatic carbocycles. The maximum absolute atomic E-state index is 12.1. The number of H-pyrrole nitrogens is 1. The number of hydrogen-bond acceptors (Lipinski definition) is 4. The lowest BCUT2D eigenvalue weighted by Gasteiger charge is -2.19. The standard InChI is InChI=1S/C17H27ClN4O2/c1-3-6-24-10-16(23)19-14-8-22(7-13(14)12-4-5-12)9-15-17(18)11(2)20-21-15/h12-14H,3-10H2,1-2H3,(H,19,23)(H,20,21)/t13-,14+/m0/s1. The maximum Gasteiger partial charge on any atom is 0.246 e. The van der Waals surface area contributed by atoms with Crippen LogP contribution in [0.5, 0.6) is 0 Å². The average Bonchev–Trinajstić information content (AvgIpc) is 3.26. The number of likely N-dealkylation sites (tertiary alicyclic amines) is 1. The van der Waals surface area contributed by atoms with E-state index in [0.717, 1.165) is 48.4 Å². The zero-order chi connectivity index (χ0) is 17.1. The molecule has 2 fully saturated rings. The van der Waals surface area contributed by atoms with Crippen molar-refractivity contribution in [2.45, 2.75) is 45.7 Å². The highest BCUT2D eigenvalue weighted by Crippen LogP contribution is 2.41. The Morgan fingerprint density at radius 2 is 2.25 bits per heavy atom. The molecule has 6 nitrogen and oxygen atoms in total. The summed E-state index contributed by atoms with van der Waals surface area (Å²) in [7, 11) is 0. The number of rotatable bonds is 8. The predicted octanol–water partition coefficient (Wildman–Crippen LogP) is 2.12. The second-order valence-electron chi connectivity index (χ2n) is 7.03. The van der Waals surface area contributed by atoms with Crippen LogP contribution < -0.4 is 5.32 Å². The highest BCUT2D eigenvalue weighted by atomic mass is 35.5. The van der Waals surface area contributed by atoms with Gasteiger partial charge in [-0.1, -0.05) is 18.5 Å². The van der Waals surface area contributed by atoms with Crippen molar-refractivity contribution in [2.24, 2.45) is 11.8 Å². The molecule has 0 aromatic carbocycles. The molecule has 2 N–H and O–H groups in total. The molecule has 3 rings (SSSR count). The van der Waals surface area contributed by atoms with Gasteiger partial charge in [0.25, 0.3) is 0 Å². The van der Waals surface area contributed by atoms with Crippen LogP contribution in [0, 0.1) is 18.8 Å². The fraction of sp³-hybridized carbons (Fsp3) is 0.765. The van der Waals surface area contributed by atoms with E-state index in [0.29, 0.717) is 12.5 Å². The largest absolute Gasteiger partial charge is 0.372 e. The van der Waals surface area contributed by atoms with Gasteiger partial charge in [0, 0.05) is 32.3 Å². The van der Waals surface area contributed by atoms with Crippen molar-refractivity contribution in [3.05, 3.63) is 16.4 Å². The quantitative estimate of drug-likeness (QED) is 0.701. The molecule has 0 spiro atoms. The molecule has 1 saturated heterocycles. The summed E-state index contributed by atoms with van der Waals surface area (Å²) in [4.78, 5) is 14.4. The first-order chi connectivity index (χ1) is 11.6. The van der Waals surface area contributed by atoms with E-state index in [2.05, 4.69) is 20.4 Å². The first kappa shape index (κ1) is 17.7. The zero-order valence-corrected chi connectivity index (χ0v) is 15.2. The molecule has 0 radical (unpaired) electrons. The Balaban J connectivity index is 1.55. The molecule has 7 heteroatoms. The van der Waals surface area contributed by atoms with Crippen molar-refractivity contribution < 1.29 is 9.53 Å². The number of aromatic nitrogens is 2. The Morgan fingerprint density at radius 1 is 1.46 bits per heavy atom. The predicted molar refractivity (Wildman–Crippen MR) is 92.9 cm³/mol. The fourth-order valence-corrected chi connectivity index (χ4v) is 3.68. The summed E-state index contributed by atoms with van der Waals surface area (Å²) < 4.78 is 5.35. The van der Waals surface area contributed by atoms with E-state index in [1.165, 1.54) is 12.8 Å². The zero-order valence-electron chi connectivity index (χ0n) is 14.5. The summed E-state index contributed by atoms with van der Waals surface area (Å²) in [6.45, 7) is 7.33. The van der Waals surface area contributed by atoms with Crippen LogP contribution in [0.25, 0.3) is 0 Å². The van der Waals surface area contributed by atoms with Crippen LogP contribution in [-0.4, -0.2) is 53.3 Å². The molecule has 1 aromatic heterocycles. The van der Waals surface area contributed by atoms with E-state index in [4.69, 9.17) is 16.3 Å². The minimum absolute atomic E-state index is 0.00500. The minimum Gasteiger partial charge on any atom is -0.372 e. The smallest absolute Gasteiger partial charge is 0.246 e. The number of halogens is 1. The van der Waals surface area contributed by atoms with Gasteiger partial charge >= 0.3 is 0 Å². The summed E-state index contributed by atoms with van der Waals surface area (Å²) in [5, 5.41) is 11.1. The number of nitrogens with zero attached hydrogens (tertiary/aromatic N) is 2. The van der Waals surface area contributed by atoms with Crippen LogP contribution in [0.15, 0.2) is 0 Å². The summed E-state index contributed by atoms with van der Waals surface area (Å²) in [6, 6.07) is 0.203. The summed E-state index contributed by atoms with van der Waals surface area (Å²) in [5.41, 5.74) is 1.80. The van der Waals surface area contributed by atoms with E-state index in [1.54, 1.807) is 0 Å². The number of carbonyl (C=O) groups excluding carboxylic acids is 1. The van der Waals surface area contributed by atoms with E-state index in [1.807, 2.05) is 13.8 Å². The second-order valence-corrected chi connectivity index (χ2v) is 7.41. The number of nitrogens with one attached hydrogen (secondary N) is 2. The van der Waals surface area contributed by atoms with Crippen molar-refractivity contribution in [2.75, 3.05) is 26.3 Å². The van der Waals surface area contributed by atoms with Gasteiger partial charge in [0.05, 0.1) is 16.4 Å². The van der Waals surface area contributed by atoms with Crippen molar-refractivity contribution in [3.8, 4) is 0 Å². The van der Waals surface area contributed by atoms with Crippen LogP contribution in [0.2, 0.25) is 5.02 Å². The van der Waals surface area contributed by atoms with Crippen molar-refractivity contribution in [1.29, 1.82) is 0 Å². The monoisotopic (exact) mass is 354 g/mol. The van der Waals surface area contributed by atoms with Crippen LogP contribution in [0.3, 0.4) is 0 Å². The number of aromatic amines is 1. The van der Waals surface area contributed by atoms with Gasteiger partial charge in [0.15, 0.2) is 0 Å². The second kappa shape index (κ2) is 7.85. The Hall–Kier alpha value is -1.11. The van der Waals surface area contributed by atoms with Gasteiger partial charge in [-0.05, 0) is 38.0 Å². The lowest BCUT2D eigenvalue weighted by atomic mass is 9.98. The molecule has 1 amide bonds. The first-order valence-electron chi connectivity index (χ1n) is 8.87. The first-order valence-corrected chi connectivity index (χ1v) is 9.25. The number of carbonyl (C=O) groups is 1. The van der Waals surface area contributed by atoms with E-state index >= 15 is 0 Å². The van der Waals surface area contributed by atoms with Gasteiger partial charge in [0.2, 0.25) is 5.91 Å². The Kier molecular flexibility index (Phi) is 5.79. The number of hydrogen-bond donors (Lipinski definition) is 2. The summed E-state index contributed by atoms with van der Waals surface area (Å²) in [5.74, 6) is 1.27.